The van der Waals surface area contributed by atoms with Crippen LogP contribution in [0.3, 0.4) is 0 Å². The van der Waals surface area contributed by atoms with E-state index in [-0.39, 0.29) is 30.0 Å². The molecule has 2 rings (SSSR count). The Kier molecular flexibility index (Phi) is 7.50. The van der Waals surface area contributed by atoms with E-state index in [1.54, 1.807) is 14.0 Å². The SMILES string of the molecule is CCOc1ccc(C(F)(F)F)cc1NC(=O)NC1CCN(CC(=O)NC)CC1. The van der Waals surface area contributed by atoms with Crippen LogP contribution in [0.25, 0.3) is 0 Å². The summed E-state index contributed by atoms with van der Waals surface area (Å²) in [5.41, 5.74) is -0.903. The zero-order valence-electron chi connectivity index (χ0n) is 15.9. The third-order valence-corrected chi connectivity index (χ3v) is 4.42. The number of alkyl halides is 3. The zero-order valence-corrected chi connectivity index (χ0v) is 15.9. The Morgan fingerprint density at radius 2 is 1.93 bits per heavy atom. The zero-order chi connectivity index (χ0) is 20.7. The van der Waals surface area contributed by atoms with Gasteiger partial charge in [-0.05, 0) is 38.0 Å². The third kappa shape index (κ3) is 6.29. The highest BCUT2D eigenvalue weighted by Gasteiger charge is 2.31. The topological polar surface area (TPSA) is 82.7 Å². The van der Waals surface area contributed by atoms with E-state index in [9.17, 15) is 22.8 Å². The number of hydrogen-bond donors (Lipinski definition) is 3. The number of likely N-dealkylation sites (tertiary alicyclic amines) is 1. The Morgan fingerprint density at radius 1 is 1.25 bits per heavy atom. The molecule has 0 aliphatic carbocycles. The van der Waals surface area contributed by atoms with Gasteiger partial charge in [0.05, 0.1) is 24.4 Å². The van der Waals surface area contributed by atoms with Crippen LogP contribution in [0, 0.1) is 0 Å². The number of amides is 3. The summed E-state index contributed by atoms with van der Waals surface area (Å²) in [6, 6.07) is 2.25. The predicted molar refractivity (Wildman–Crippen MR) is 98.3 cm³/mol. The minimum absolute atomic E-state index is 0.0359. The highest BCUT2D eigenvalue weighted by molar-refractivity contribution is 5.91. The lowest BCUT2D eigenvalue weighted by Crippen LogP contribution is -2.48. The van der Waals surface area contributed by atoms with Crippen LogP contribution < -0.4 is 20.7 Å². The van der Waals surface area contributed by atoms with E-state index in [1.165, 1.54) is 6.07 Å². The van der Waals surface area contributed by atoms with E-state index in [2.05, 4.69) is 16.0 Å². The average Bonchev–Trinajstić information content (AvgIpc) is 2.64. The normalized spacial score (nSPS) is 15.8. The monoisotopic (exact) mass is 402 g/mol. The molecule has 0 aromatic heterocycles. The molecule has 3 N–H and O–H groups in total. The molecule has 0 bridgehead atoms. The summed E-state index contributed by atoms with van der Waals surface area (Å²) in [5, 5.41) is 7.78. The summed E-state index contributed by atoms with van der Waals surface area (Å²) in [5.74, 6) is 0.100. The summed E-state index contributed by atoms with van der Waals surface area (Å²) in [4.78, 5) is 25.6. The van der Waals surface area contributed by atoms with Crippen molar-refractivity contribution in [3.05, 3.63) is 23.8 Å². The fraction of sp³-hybridized carbons (Fsp3) is 0.556. The smallest absolute Gasteiger partial charge is 0.416 e. The number of hydrogen-bond acceptors (Lipinski definition) is 4. The quantitative estimate of drug-likeness (QED) is 0.683. The number of benzene rings is 1. The van der Waals surface area contributed by atoms with Crippen molar-refractivity contribution in [1.29, 1.82) is 0 Å². The largest absolute Gasteiger partial charge is 0.492 e. The number of carbonyl (C=O) groups excluding carboxylic acids is 2. The van der Waals surface area contributed by atoms with Gasteiger partial charge >= 0.3 is 12.2 Å². The number of ether oxygens (including phenoxy) is 1. The van der Waals surface area contributed by atoms with Gasteiger partial charge in [-0.15, -0.1) is 0 Å². The summed E-state index contributed by atoms with van der Waals surface area (Å²) in [6.45, 7) is 3.55. The van der Waals surface area contributed by atoms with Crippen molar-refractivity contribution in [3.63, 3.8) is 0 Å². The lowest BCUT2D eigenvalue weighted by atomic mass is 10.1. The van der Waals surface area contributed by atoms with Crippen LogP contribution in [0.2, 0.25) is 0 Å². The molecule has 0 saturated carbocycles. The van der Waals surface area contributed by atoms with Crippen molar-refractivity contribution in [2.45, 2.75) is 32.0 Å². The number of halogens is 3. The second kappa shape index (κ2) is 9.63. The van der Waals surface area contributed by atoms with Crippen LogP contribution >= 0.6 is 0 Å². The first-order chi connectivity index (χ1) is 13.2. The van der Waals surface area contributed by atoms with Crippen molar-refractivity contribution in [3.8, 4) is 5.75 Å². The van der Waals surface area contributed by atoms with Crippen LogP contribution in [0.5, 0.6) is 5.75 Å². The van der Waals surface area contributed by atoms with Crippen LogP contribution in [-0.2, 0) is 11.0 Å². The van der Waals surface area contributed by atoms with E-state index in [4.69, 9.17) is 4.74 Å². The minimum atomic E-state index is -4.52. The maximum atomic E-state index is 12.9. The van der Waals surface area contributed by atoms with Crippen molar-refractivity contribution in [1.82, 2.24) is 15.5 Å². The molecule has 156 valence electrons. The van der Waals surface area contributed by atoms with Gasteiger partial charge in [0.2, 0.25) is 5.91 Å². The maximum Gasteiger partial charge on any atom is 0.416 e. The van der Waals surface area contributed by atoms with Crippen molar-refractivity contribution < 1.29 is 27.5 Å². The van der Waals surface area contributed by atoms with Gasteiger partial charge in [0, 0.05) is 26.2 Å². The summed E-state index contributed by atoms with van der Waals surface area (Å²) in [7, 11) is 1.57. The molecule has 0 atom stereocenters. The summed E-state index contributed by atoms with van der Waals surface area (Å²) < 4.78 is 44.1. The van der Waals surface area contributed by atoms with Crippen LogP contribution in [0.15, 0.2) is 18.2 Å². The number of carbonyl (C=O) groups is 2. The Bertz CT molecular complexity index is 689. The second-order valence-electron chi connectivity index (χ2n) is 6.46. The van der Waals surface area contributed by atoms with E-state index in [0.717, 1.165) is 12.1 Å². The number of urea groups is 1. The highest BCUT2D eigenvalue weighted by atomic mass is 19.4. The molecule has 0 radical (unpaired) electrons. The highest BCUT2D eigenvalue weighted by Crippen LogP contribution is 2.35. The van der Waals surface area contributed by atoms with Gasteiger partial charge in [-0.1, -0.05) is 0 Å². The number of likely N-dealkylation sites (N-methyl/N-ethyl adjacent to an activating group) is 1. The van der Waals surface area contributed by atoms with Gasteiger partial charge in [0.25, 0.3) is 0 Å². The molecule has 1 fully saturated rings. The average molecular weight is 402 g/mol. The minimum Gasteiger partial charge on any atom is -0.492 e. The third-order valence-electron chi connectivity index (χ3n) is 4.42. The molecule has 28 heavy (non-hydrogen) atoms. The van der Waals surface area contributed by atoms with Crippen molar-refractivity contribution in [2.75, 3.05) is 38.6 Å². The molecule has 1 heterocycles. The summed E-state index contributed by atoms with van der Waals surface area (Å²) in [6.07, 6.45) is -3.23. The fourth-order valence-corrected chi connectivity index (χ4v) is 2.95. The first-order valence-electron chi connectivity index (χ1n) is 9.07. The molecule has 1 aliphatic rings. The Labute approximate surface area is 161 Å². The molecular formula is C18H25F3N4O3. The number of piperidine rings is 1. The van der Waals surface area contributed by atoms with E-state index in [1.807, 2.05) is 4.90 Å². The van der Waals surface area contributed by atoms with Crippen LogP contribution in [-0.4, -0.2) is 56.2 Å². The molecule has 1 aromatic rings. The maximum absolute atomic E-state index is 12.9. The van der Waals surface area contributed by atoms with Crippen molar-refractivity contribution in [2.24, 2.45) is 0 Å². The molecular weight excluding hydrogens is 377 g/mol. The number of nitrogens with one attached hydrogen (secondary N) is 3. The number of rotatable bonds is 6. The molecule has 0 spiro atoms. The molecule has 7 nitrogen and oxygen atoms in total. The Balaban J connectivity index is 1.95. The molecule has 10 heteroatoms. The first-order valence-corrected chi connectivity index (χ1v) is 9.07. The van der Waals surface area contributed by atoms with E-state index >= 15 is 0 Å². The van der Waals surface area contributed by atoms with Crippen LogP contribution in [0.1, 0.15) is 25.3 Å². The van der Waals surface area contributed by atoms with Gasteiger partial charge in [-0.25, -0.2) is 4.79 Å². The van der Waals surface area contributed by atoms with E-state index in [0.29, 0.717) is 32.5 Å². The standard InChI is InChI=1S/C18H25F3N4O3/c1-3-28-15-5-4-12(18(19,20)21)10-14(15)24-17(27)23-13-6-8-25(9-7-13)11-16(26)22-2/h4-5,10,13H,3,6-9,11H2,1-2H3,(H,22,26)(H2,23,24,27). The fourth-order valence-electron chi connectivity index (χ4n) is 2.95. The van der Waals surface area contributed by atoms with Crippen molar-refractivity contribution >= 4 is 17.6 Å². The second-order valence-corrected chi connectivity index (χ2v) is 6.46. The van der Waals surface area contributed by atoms with Crippen LogP contribution in [0.4, 0.5) is 23.7 Å². The Morgan fingerprint density at radius 3 is 2.50 bits per heavy atom. The molecule has 0 unspecified atom stereocenters. The molecule has 1 aliphatic heterocycles. The van der Waals surface area contributed by atoms with Gasteiger partial charge in [-0.2, -0.15) is 13.2 Å². The summed E-state index contributed by atoms with van der Waals surface area (Å²) >= 11 is 0. The van der Waals surface area contributed by atoms with Gasteiger partial charge in [-0.3, -0.25) is 9.69 Å². The molecule has 1 aromatic carbocycles. The Hall–Kier alpha value is -2.49. The molecule has 1 saturated heterocycles. The number of nitrogens with zero attached hydrogens (tertiary/aromatic N) is 1. The van der Waals surface area contributed by atoms with Gasteiger partial charge in [0.1, 0.15) is 5.75 Å². The lowest BCUT2D eigenvalue weighted by molar-refractivity contribution is -0.137. The lowest BCUT2D eigenvalue weighted by Gasteiger charge is -2.31. The number of anilines is 1. The molecule has 3 amide bonds. The van der Waals surface area contributed by atoms with Gasteiger partial charge < -0.3 is 20.7 Å². The van der Waals surface area contributed by atoms with Gasteiger partial charge in [0.15, 0.2) is 0 Å². The first kappa shape index (κ1) is 21.8. The van der Waals surface area contributed by atoms with E-state index < -0.39 is 17.8 Å². The predicted octanol–water partition coefficient (Wildman–Crippen LogP) is 2.44.